The van der Waals surface area contributed by atoms with Crippen LogP contribution in [0.3, 0.4) is 0 Å². The predicted octanol–water partition coefficient (Wildman–Crippen LogP) is 5.17. The van der Waals surface area contributed by atoms with Gasteiger partial charge in [-0.1, -0.05) is 40.9 Å². The van der Waals surface area contributed by atoms with Crippen LogP contribution >= 0.6 is 23.2 Å². The summed E-state index contributed by atoms with van der Waals surface area (Å²) < 4.78 is 0. The molecule has 2 rings (SSSR count). The molecule has 0 atom stereocenters. The van der Waals surface area contributed by atoms with Gasteiger partial charge in [0.05, 0.1) is 10.7 Å². The van der Waals surface area contributed by atoms with Gasteiger partial charge in [-0.15, -0.1) is 0 Å². The summed E-state index contributed by atoms with van der Waals surface area (Å²) in [6.07, 6.45) is 0. The minimum Gasteiger partial charge on any atom is -0.321 e. The third-order valence-electron chi connectivity index (χ3n) is 3.08. The molecule has 0 heterocycles. The number of nitrogens with one attached hydrogen (secondary N) is 1. The monoisotopic (exact) mass is 307 g/mol. The number of rotatable bonds is 2. The summed E-state index contributed by atoms with van der Waals surface area (Å²) in [7, 11) is 0. The Kier molecular flexibility index (Phi) is 4.36. The Bertz CT molecular complexity index is 657. The van der Waals surface area contributed by atoms with Gasteiger partial charge < -0.3 is 5.32 Å². The Morgan fingerprint density at radius 2 is 1.60 bits per heavy atom. The van der Waals surface area contributed by atoms with Crippen LogP contribution in [0.1, 0.15) is 27.0 Å². The number of aryl methyl sites for hydroxylation is 3. The van der Waals surface area contributed by atoms with Gasteiger partial charge in [-0.25, -0.2) is 0 Å². The second-order valence-electron chi connectivity index (χ2n) is 4.85. The summed E-state index contributed by atoms with van der Waals surface area (Å²) in [4.78, 5) is 12.4. The molecule has 0 unspecified atom stereocenters. The molecule has 0 saturated carbocycles. The van der Waals surface area contributed by atoms with Crippen molar-refractivity contribution in [1.29, 1.82) is 0 Å². The van der Waals surface area contributed by atoms with E-state index in [1.165, 1.54) is 0 Å². The van der Waals surface area contributed by atoms with E-state index in [1.54, 1.807) is 18.2 Å². The predicted molar refractivity (Wildman–Crippen MR) is 85.1 cm³/mol. The van der Waals surface area contributed by atoms with Gasteiger partial charge in [-0.05, 0) is 50.1 Å². The standard InChI is InChI=1S/C16H15Cl2NO/c1-9-6-10(2)15(11(3)7-9)16(20)19-14-5-4-12(17)8-13(14)18/h4-8H,1-3H3,(H,19,20). The fraction of sp³-hybridized carbons (Fsp3) is 0.188. The number of carbonyl (C=O) groups excluding carboxylic acids is 1. The first-order valence-electron chi connectivity index (χ1n) is 6.22. The molecule has 0 aromatic heterocycles. The lowest BCUT2D eigenvalue weighted by Gasteiger charge is -2.12. The van der Waals surface area contributed by atoms with Gasteiger partial charge in [0.25, 0.3) is 5.91 Å². The molecule has 1 N–H and O–H groups in total. The zero-order valence-corrected chi connectivity index (χ0v) is 13.1. The molecule has 2 nitrogen and oxygen atoms in total. The second-order valence-corrected chi connectivity index (χ2v) is 5.70. The van der Waals surface area contributed by atoms with Gasteiger partial charge >= 0.3 is 0 Å². The van der Waals surface area contributed by atoms with Crippen LogP contribution in [0, 0.1) is 20.8 Å². The van der Waals surface area contributed by atoms with Crippen molar-refractivity contribution in [3.63, 3.8) is 0 Å². The molecular weight excluding hydrogens is 293 g/mol. The fourth-order valence-corrected chi connectivity index (χ4v) is 2.77. The molecule has 104 valence electrons. The molecule has 2 aromatic carbocycles. The van der Waals surface area contributed by atoms with Crippen molar-refractivity contribution in [2.45, 2.75) is 20.8 Å². The average molecular weight is 308 g/mol. The van der Waals surface area contributed by atoms with Crippen molar-refractivity contribution in [2.75, 3.05) is 5.32 Å². The quantitative estimate of drug-likeness (QED) is 0.814. The zero-order chi connectivity index (χ0) is 14.9. The summed E-state index contributed by atoms with van der Waals surface area (Å²) in [6.45, 7) is 5.87. The maximum Gasteiger partial charge on any atom is 0.256 e. The molecule has 0 aliphatic heterocycles. The Morgan fingerprint density at radius 3 is 2.15 bits per heavy atom. The van der Waals surface area contributed by atoms with E-state index < -0.39 is 0 Å². The van der Waals surface area contributed by atoms with E-state index in [1.807, 2.05) is 32.9 Å². The maximum atomic E-state index is 12.4. The largest absolute Gasteiger partial charge is 0.321 e. The lowest BCUT2D eigenvalue weighted by atomic mass is 9.99. The molecule has 0 aliphatic rings. The first-order valence-corrected chi connectivity index (χ1v) is 6.98. The molecule has 0 radical (unpaired) electrons. The number of amides is 1. The Hall–Kier alpha value is -1.51. The summed E-state index contributed by atoms with van der Waals surface area (Å²) in [5.41, 5.74) is 4.28. The van der Waals surface area contributed by atoms with Gasteiger partial charge in [0.2, 0.25) is 0 Å². The Balaban J connectivity index is 2.33. The SMILES string of the molecule is Cc1cc(C)c(C(=O)Nc2ccc(Cl)cc2Cl)c(C)c1. The van der Waals surface area contributed by atoms with Crippen molar-refractivity contribution in [3.05, 3.63) is 62.6 Å². The number of halogens is 2. The van der Waals surface area contributed by atoms with Crippen LogP contribution in [-0.2, 0) is 0 Å². The number of benzene rings is 2. The van der Waals surface area contributed by atoms with Crippen molar-refractivity contribution in [3.8, 4) is 0 Å². The molecule has 1 amide bonds. The van der Waals surface area contributed by atoms with E-state index in [9.17, 15) is 4.79 Å². The lowest BCUT2D eigenvalue weighted by molar-refractivity contribution is 0.102. The van der Waals surface area contributed by atoms with Crippen LogP contribution < -0.4 is 5.32 Å². The molecule has 0 aliphatic carbocycles. The molecule has 0 fully saturated rings. The minimum atomic E-state index is -0.163. The molecule has 2 aromatic rings. The van der Waals surface area contributed by atoms with Gasteiger partial charge in [0.15, 0.2) is 0 Å². The van der Waals surface area contributed by atoms with E-state index in [-0.39, 0.29) is 5.91 Å². The van der Waals surface area contributed by atoms with E-state index in [0.29, 0.717) is 21.3 Å². The first kappa shape index (κ1) is 14.9. The number of carbonyl (C=O) groups is 1. The number of hydrogen-bond acceptors (Lipinski definition) is 1. The highest BCUT2D eigenvalue weighted by atomic mass is 35.5. The molecule has 0 spiro atoms. The van der Waals surface area contributed by atoms with Gasteiger partial charge in [0.1, 0.15) is 0 Å². The Labute approximate surface area is 128 Å². The summed E-state index contributed by atoms with van der Waals surface area (Å²) in [6, 6.07) is 8.98. The van der Waals surface area contributed by atoms with Crippen molar-refractivity contribution >= 4 is 34.8 Å². The van der Waals surface area contributed by atoms with Crippen LogP contribution in [0.5, 0.6) is 0 Å². The topological polar surface area (TPSA) is 29.1 Å². The van der Waals surface area contributed by atoms with Crippen LogP contribution in [0.25, 0.3) is 0 Å². The summed E-state index contributed by atoms with van der Waals surface area (Å²) >= 11 is 11.9. The fourth-order valence-electron chi connectivity index (χ4n) is 2.31. The second kappa shape index (κ2) is 5.86. The maximum absolute atomic E-state index is 12.4. The van der Waals surface area contributed by atoms with E-state index in [0.717, 1.165) is 16.7 Å². The molecule has 4 heteroatoms. The van der Waals surface area contributed by atoms with Gasteiger partial charge in [-0.3, -0.25) is 4.79 Å². The third kappa shape index (κ3) is 3.14. The van der Waals surface area contributed by atoms with Crippen molar-refractivity contribution < 1.29 is 4.79 Å². The van der Waals surface area contributed by atoms with Crippen LogP contribution in [-0.4, -0.2) is 5.91 Å². The number of hydrogen-bond donors (Lipinski definition) is 1. The minimum absolute atomic E-state index is 0.163. The van der Waals surface area contributed by atoms with Gasteiger partial charge in [0, 0.05) is 10.6 Å². The third-order valence-corrected chi connectivity index (χ3v) is 3.63. The van der Waals surface area contributed by atoms with E-state index >= 15 is 0 Å². The smallest absolute Gasteiger partial charge is 0.256 e. The van der Waals surface area contributed by atoms with Crippen molar-refractivity contribution in [2.24, 2.45) is 0 Å². The van der Waals surface area contributed by atoms with Crippen LogP contribution in [0.4, 0.5) is 5.69 Å². The first-order chi connectivity index (χ1) is 9.38. The number of anilines is 1. The molecule has 0 saturated heterocycles. The van der Waals surface area contributed by atoms with E-state index in [4.69, 9.17) is 23.2 Å². The average Bonchev–Trinajstić information content (AvgIpc) is 2.31. The Morgan fingerprint density at radius 1 is 1.00 bits per heavy atom. The molecular formula is C16H15Cl2NO. The highest BCUT2D eigenvalue weighted by Gasteiger charge is 2.14. The van der Waals surface area contributed by atoms with Crippen molar-refractivity contribution in [1.82, 2.24) is 0 Å². The summed E-state index contributed by atoms with van der Waals surface area (Å²) in [5.74, 6) is -0.163. The molecule has 20 heavy (non-hydrogen) atoms. The highest BCUT2D eigenvalue weighted by molar-refractivity contribution is 6.36. The lowest BCUT2D eigenvalue weighted by Crippen LogP contribution is -2.15. The van der Waals surface area contributed by atoms with Crippen LogP contribution in [0.15, 0.2) is 30.3 Å². The molecule has 0 bridgehead atoms. The normalized spacial score (nSPS) is 10.4. The summed E-state index contributed by atoms with van der Waals surface area (Å²) in [5, 5.41) is 3.79. The van der Waals surface area contributed by atoms with Crippen LogP contribution in [0.2, 0.25) is 10.0 Å². The zero-order valence-electron chi connectivity index (χ0n) is 11.6. The van der Waals surface area contributed by atoms with E-state index in [2.05, 4.69) is 5.32 Å². The highest BCUT2D eigenvalue weighted by Crippen LogP contribution is 2.26. The van der Waals surface area contributed by atoms with Gasteiger partial charge in [-0.2, -0.15) is 0 Å².